The minimum atomic E-state index is -4.51. The molecular weight excluding hydrogens is 268 g/mol. The van der Waals surface area contributed by atoms with Crippen LogP contribution in [0.2, 0.25) is 0 Å². The first kappa shape index (κ1) is 14.6. The lowest BCUT2D eigenvalue weighted by Gasteiger charge is -2.17. The normalized spacial score (nSPS) is 11.9. The van der Waals surface area contributed by atoms with Crippen LogP contribution in [0.1, 0.15) is 30.9 Å². The third kappa shape index (κ3) is 2.84. The second kappa shape index (κ2) is 5.27. The maximum absolute atomic E-state index is 13.4. The fraction of sp³-hybridized carbons (Fsp3) is 0.250. The molecule has 0 unspecified atom stereocenters. The number of rotatable bonds is 2. The Morgan fingerprint density at radius 1 is 0.900 bits per heavy atom. The van der Waals surface area contributed by atoms with Crippen molar-refractivity contribution in [1.29, 1.82) is 0 Å². The van der Waals surface area contributed by atoms with E-state index in [1.165, 1.54) is 0 Å². The molecule has 0 nitrogen and oxygen atoms in total. The van der Waals surface area contributed by atoms with Crippen molar-refractivity contribution < 1.29 is 17.6 Å². The average Bonchev–Trinajstić information content (AvgIpc) is 2.37. The molecule has 20 heavy (non-hydrogen) atoms. The summed E-state index contributed by atoms with van der Waals surface area (Å²) in [5, 5.41) is 0. The Kier molecular flexibility index (Phi) is 3.84. The highest BCUT2D eigenvalue weighted by molar-refractivity contribution is 5.72. The molecule has 0 spiro atoms. The molecule has 0 fully saturated rings. The largest absolute Gasteiger partial charge is 0.417 e. The Bertz CT molecular complexity index is 612. The van der Waals surface area contributed by atoms with E-state index in [1.54, 1.807) is 24.3 Å². The van der Waals surface area contributed by atoms with Crippen LogP contribution in [0.15, 0.2) is 42.5 Å². The van der Waals surface area contributed by atoms with Gasteiger partial charge >= 0.3 is 6.18 Å². The van der Waals surface area contributed by atoms with Gasteiger partial charge in [-0.25, -0.2) is 4.39 Å². The van der Waals surface area contributed by atoms with Crippen molar-refractivity contribution in [2.24, 2.45) is 0 Å². The third-order valence-corrected chi connectivity index (χ3v) is 3.16. The molecule has 4 heteroatoms. The molecule has 2 aromatic carbocycles. The quantitative estimate of drug-likeness (QED) is 0.626. The predicted molar refractivity (Wildman–Crippen MR) is 70.9 cm³/mol. The predicted octanol–water partition coefficient (Wildman–Crippen LogP) is 5.63. The van der Waals surface area contributed by atoms with Crippen molar-refractivity contribution in [2.45, 2.75) is 25.9 Å². The van der Waals surface area contributed by atoms with Crippen molar-refractivity contribution >= 4 is 0 Å². The lowest BCUT2D eigenvalue weighted by molar-refractivity contribution is -0.137. The van der Waals surface area contributed by atoms with Crippen molar-refractivity contribution in [3.8, 4) is 11.1 Å². The van der Waals surface area contributed by atoms with Crippen LogP contribution in [-0.2, 0) is 6.18 Å². The molecule has 0 saturated heterocycles. The van der Waals surface area contributed by atoms with Gasteiger partial charge in [0.2, 0.25) is 0 Å². The van der Waals surface area contributed by atoms with Crippen molar-refractivity contribution in [3.63, 3.8) is 0 Å². The summed E-state index contributed by atoms with van der Waals surface area (Å²) in [5.74, 6) is -0.623. The van der Waals surface area contributed by atoms with Crippen LogP contribution in [0.3, 0.4) is 0 Å². The topological polar surface area (TPSA) is 0 Å². The van der Waals surface area contributed by atoms with E-state index in [0.717, 1.165) is 23.8 Å². The van der Waals surface area contributed by atoms with Crippen LogP contribution in [0.25, 0.3) is 11.1 Å². The Labute approximate surface area is 115 Å². The van der Waals surface area contributed by atoms with E-state index in [2.05, 4.69) is 0 Å². The maximum Gasteiger partial charge on any atom is 0.417 e. The summed E-state index contributed by atoms with van der Waals surface area (Å²) in [6, 6.07) is 9.37. The van der Waals surface area contributed by atoms with Crippen LogP contribution < -0.4 is 0 Å². The van der Waals surface area contributed by atoms with E-state index in [9.17, 15) is 17.6 Å². The molecule has 0 N–H and O–H groups in total. The zero-order valence-electron chi connectivity index (χ0n) is 11.1. The van der Waals surface area contributed by atoms with E-state index in [0.29, 0.717) is 5.56 Å². The number of alkyl halides is 3. The first-order valence-electron chi connectivity index (χ1n) is 6.26. The number of hydrogen-bond donors (Lipinski definition) is 0. The Morgan fingerprint density at radius 2 is 1.55 bits per heavy atom. The van der Waals surface area contributed by atoms with Gasteiger partial charge in [-0.15, -0.1) is 0 Å². The van der Waals surface area contributed by atoms with Gasteiger partial charge in [0.1, 0.15) is 5.82 Å². The standard InChI is InChI=1S/C16H14F4/c1-10(2)12-5-3-4-6-13(12)14-9-11(17)7-8-15(14)16(18,19)20/h3-10H,1-2H3. The SMILES string of the molecule is CC(C)c1ccccc1-c1cc(F)ccc1C(F)(F)F. The van der Waals surface area contributed by atoms with Crippen LogP contribution in [0, 0.1) is 5.82 Å². The molecule has 0 bridgehead atoms. The number of benzene rings is 2. The van der Waals surface area contributed by atoms with Gasteiger partial charge in [-0.3, -0.25) is 0 Å². The minimum absolute atomic E-state index is 0.0514. The van der Waals surface area contributed by atoms with Crippen LogP contribution in [0.4, 0.5) is 17.6 Å². The smallest absolute Gasteiger partial charge is 0.207 e. The lowest BCUT2D eigenvalue weighted by Crippen LogP contribution is -2.08. The maximum atomic E-state index is 13.4. The number of hydrogen-bond acceptors (Lipinski definition) is 0. The van der Waals surface area contributed by atoms with E-state index >= 15 is 0 Å². The molecule has 0 atom stereocenters. The van der Waals surface area contributed by atoms with E-state index in [-0.39, 0.29) is 11.5 Å². The summed E-state index contributed by atoms with van der Waals surface area (Å²) < 4.78 is 52.6. The highest BCUT2D eigenvalue weighted by Gasteiger charge is 2.34. The molecule has 2 rings (SSSR count). The van der Waals surface area contributed by atoms with Crippen LogP contribution in [0.5, 0.6) is 0 Å². The lowest BCUT2D eigenvalue weighted by atomic mass is 9.90. The molecule has 0 aliphatic heterocycles. The third-order valence-electron chi connectivity index (χ3n) is 3.16. The molecule has 106 valence electrons. The zero-order valence-corrected chi connectivity index (χ0v) is 11.1. The van der Waals surface area contributed by atoms with Gasteiger partial charge in [0.05, 0.1) is 5.56 Å². The van der Waals surface area contributed by atoms with Crippen molar-refractivity contribution in [3.05, 3.63) is 59.4 Å². The summed E-state index contributed by atoms with van der Waals surface area (Å²) in [5.41, 5.74) is 0.270. The molecule has 0 aliphatic rings. The molecule has 2 aromatic rings. The minimum Gasteiger partial charge on any atom is -0.207 e. The summed E-state index contributed by atoms with van der Waals surface area (Å²) in [6.45, 7) is 3.79. The summed E-state index contributed by atoms with van der Waals surface area (Å²) in [6.07, 6.45) is -4.51. The van der Waals surface area contributed by atoms with Crippen molar-refractivity contribution in [2.75, 3.05) is 0 Å². The van der Waals surface area contributed by atoms with Crippen LogP contribution >= 0.6 is 0 Å². The van der Waals surface area contributed by atoms with Crippen molar-refractivity contribution in [1.82, 2.24) is 0 Å². The molecule has 0 aromatic heterocycles. The number of halogens is 4. The average molecular weight is 282 g/mol. The van der Waals surface area contributed by atoms with Gasteiger partial charge in [-0.2, -0.15) is 13.2 Å². The second-order valence-electron chi connectivity index (χ2n) is 4.93. The Morgan fingerprint density at radius 3 is 2.15 bits per heavy atom. The molecule has 0 aliphatic carbocycles. The summed E-state index contributed by atoms with van der Waals surface area (Å²) >= 11 is 0. The fourth-order valence-electron chi connectivity index (χ4n) is 2.23. The van der Waals surface area contributed by atoms with Gasteiger partial charge in [-0.1, -0.05) is 38.1 Å². The van der Waals surface area contributed by atoms with Gasteiger partial charge in [-0.05, 0) is 40.8 Å². The van der Waals surface area contributed by atoms with E-state index in [1.807, 2.05) is 13.8 Å². The van der Waals surface area contributed by atoms with E-state index < -0.39 is 17.6 Å². The Hall–Kier alpha value is -1.84. The fourth-order valence-corrected chi connectivity index (χ4v) is 2.23. The van der Waals surface area contributed by atoms with Gasteiger partial charge in [0.15, 0.2) is 0 Å². The Balaban J connectivity index is 2.72. The van der Waals surface area contributed by atoms with Gasteiger partial charge in [0, 0.05) is 0 Å². The molecule has 0 amide bonds. The van der Waals surface area contributed by atoms with E-state index in [4.69, 9.17) is 0 Å². The molecule has 0 heterocycles. The second-order valence-corrected chi connectivity index (χ2v) is 4.93. The molecule has 0 saturated carbocycles. The monoisotopic (exact) mass is 282 g/mol. The highest BCUT2D eigenvalue weighted by atomic mass is 19.4. The molecular formula is C16H14F4. The van der Waals surface area contributed by atoms with Gasteiger partial charge < -0.3 is 0 Å². The highest BCUT2D eigenvalue weighted by Crippen LogP contribution is 2.39. The van der Waals surface area contributed by atoms with Gasteiger partial charge in [0.25, 0.3) is 0 Å². The summed E-state index contributed by atoms with van der Waals surface area (Å²) in [4.78, 5) is 0. The zero-order chi connectivity index (χ0) is 14.9. The summed E-state index contributed by atoms with van der Waals surface area (Å²) in [7, 11) is 0. The molecule has 0 radical (unpaired) electrons. The first-order valence-corrected chi connectivity index (χ1v) is 6.26. The first-order chi connectivity index (χ1) is 9.30. The van der Waals surface area contributed by atoms with Crippen LogP contribution in [-0.4, -0.2) is 0 Å².